The summed E-state index contributed by atoms with van der Waals surface area (Å²) in [6, 6.07) is 7.81. The minimum Gasteiger partial charge on any atom is -0.330 e. The first-order chi connectivity index (χ1) is 13.2. The van der Waals surface area contributed by atoms with Crippen molar-refractivity contribution in [3.63, 3.8) is 0 Å². The second-order valence-electron chi connectivity index (χ2n) is 6.70. The number of nitrogens with zero attached hydrogens (tertiary/aromatic N) is 3. The third-order valence-electron chi connectivity index (χ3n) is 5.07. The van der Waals surface area contributed by atoms with Crippen LogP contribution in [0.3, 0.4) is 0 Å². The minimum atomic E-state index is -0.0402. The summed E-state index contributed by atoms with van der Waals surface area (Å²) in [7, 11) is 0. The van der Waals surface area contributed by atoms with Crippen molar-refractivity contribution in [3.05, 3.63) is 57.6 Å². The number of benzene rings is 1. The number of aromatic nitrogens is 4. The molecule has 0 amide bonds. The molecule has 0 spiro atoms. The Labute approximate surface area is 155 Å². The molecule has 1 aliphatic rings. The SMILES string of the molecule is Cc1[nH]nc2c1c(=O)n(CCCN)c1cc3c(-c4ccccn4)c(c21)C#C3. The molecular weight excluding hydrogens is 338 g/mol. The molecule has 0 aliphatic heterocycles. The van der Waals surface area contributed by atoms with Crippen molar-refractivity contribution in [1.29, 1.82) is 0 Å². The van der Waals surface area contributed by atoms with Crippen LogP contribution in [0.15, 0.2) is 35.3 Å². The minimum absolute atomic E-state index is 0.0402. The molecule has 2 bridgehead atoms. The van der Waals surface area contributed by atoms with Gasteiger partial charge in [-0.15, -0.1) is 0 Å². The fourth-order valence-electron chi connectivity index (χ4n) is 3.84. The number of aromatic amines is 1. The van der Waals surface area contributed by atoms with Crippen LogP contribution in [-0.4, -0.2) is 26.3 Å². The number of hydrogen-bond donors (Lipinski definition) is 2. The molecule has 0 unspecified atom stereocenters. The number of nitrogens with two attached hydrogens (primary N) is 1. The van der Waals surface area contributed by atoms with Gasteiger partial charge in [0.05, 0.1) is 16.6 Å². The second kappa shape index (κ2) is 5.79. The number of hydrogen-bond acceptors (Lipinski definition) is 4. The van der Waals surface area contributed by atoms with Gasteiger partial charge in [-0.2, -0.15) is 5.10 Å². The highest BCUT2D eigenvalue weighted by Crippen LogP contribution is 2.37. The lowest BCUT2D eigenvalue weighted by molar-refractivity contribution is 0.654. The second-order valence-corrected chi connectivity index (χ2v) is 6.70. The Morgan fingerprint density at radius 1 is 1.26 bits per heavy atom. The van der Waals surface area contributed by atoms with E-state index in [-0.39, 0.29) is 5.56 Å². The summed E-state index contributed by atoms with van der Waals surface area (Å²) < 4.78 is 1.80. The molecule has 0 radical (unpaired) electrons. The predicted molar refractivity (Wildman–Crippen MR) is 105 cm³/mol. The van der Waals surface area contributed by atoms with Crippen LogP contribution < -0.4 is 11.3 Å². The van der Waals surface area contributed by atoms with Crippen LogP contribution in [0, 0.1) is 18.8 Å². The molecule has 0 saturated heterocycles. The first kappa shape index (κ1) is 15.8. The van der Waals surface area contributed by atoms with Gasteiger partial charge in [0, 0.05) is 40.5 Å². The summed E-state index contributed by atoms with van der Waals surface area (Å²) in [6.45, 7) is 2.96. The van der Waals surface area contributed by atoms with Crippen molar-refractivity contribution in [3.8, 4) is 23.1 Å². The van der Waals surface area contributed by atoms with Crippen LogP contribution in [0.2, 0.25) is 0 Å². The van der Waals surface area contributed by atoms with Crippen molar-refractivity contribution in [2.24, 2.45) is 5.73 Å². The molecule has 3 heterocycles. The molecule has 1 aromatic carbocycles. The highest BCUT2D eigenvalue weighted by Gasteiger charge is 2.24. The van der Waals surface area contributed by atoms with Gasteiger partial charge in [-0.1, -0.05) is 17.9 Å². The van der Waals surface area contributed by atoms with E-state index in [0.29, 0.717) is 24.0 Å². The monoisotopic (exact) mass is 355 g/mol. The average molecular weight is 355 g/mol. The van der Waals surface area contributed by atoms with E-state index in [9.17, 15) is 4.79 Å². The fourth-order valence-corrected chi connectivity index (χ4v) is 3.84. The smallest absolute Gasteiger partial charge is 0.262 e. The summed E-state index contributed by atoms with van der Waals surface area (Å²) in [6.07, 6.45) is 2.50. The van der Waals surface area contributed by atoms with Gasteiger partial charge in [-0.05, 0) is 38.1 Å². The summed E-state index contributed by atoms with van der Waals surface area (Å²) in [4.78, 5) is 17.6. The summed E-state index contributed by atoms with van der Waals surface area (Å²) in [5.41, 5.74) is 11.6. The zero-order chi connectivity index (χ0) is 18.5. The Balaban J connectivity index is 1.95. The largest absolute Gasteiger partial charge is 0.330 e. The molecule has 0 fully saturated rings. The quantitative estimate of drug-likeness (QED) is 0.484. The van der Waals surface area contributed by atoms with Crippen LogP contribution >= 0.6 is 0 Å². The standard InChI is InChI=1S/C21H17N5O/c1-12-17-20(25-24-12)19-14-7-6-13(18(14)15-5-2-3-9-23-15)11-16(19)26(21(17)27)10-4-8-22/h2-3,5,9,11H,4,8,10,22H2,1H3,(H,24,25). The Hall–Kier alpha value is -3.43. The maximum Gasteiger partial charge on any atom is 0.262 e. The van der Waals surface area contributed by atoms with E-state index in [1.54, 1.807) is 10.8 Å². The molecule has 27 heavy (non-hydrogen) atoms. The van der Waals surface area contributed by atoms with Gasteiger partial charge in [-0.25, -0.2) is 0 Å². The van der Waals surface area contributed by atoms with E-state index < -0.39 is 0 Å². The van der Waals surface area contributed by atoms with Gasteiger partial charge in [0.1, 0.15) is 5.52 Å². The third-order valence-corrected chi connectivity index (χ3v) is 5.07. The van der Waals surface area contributed by atoms with E-state index in [4.69, 9.17) is 5.73 Å². The topological polar surface area (TPSA) is 89.6 Å². The lowest BCUT2D eigenvalue weighted by Crippen LogP contribution is -2.23. The van der Waals surface area contributed by atoms with E-state index >= 15 is 0 Å². The molecule has 132 valence electrons. The van der Waals surface area contributed by atoms with Crippen LogP contribution in [-0.2, 0) is 6.54 Å². The van der Waals surface area contributed by atoms with Crippen LogP contribution in [0.25, 0.3) is 33.1 Å². The zero-order valence-corrected chi connectivity index (χ0v) is 14.8. The van der Waals surface area contributed by atoms with E-state index in [0.717, 1.165) is 45.4 Å². The van der Waals surface area contributed by atoms with Crippen LogP contribution in [0.1, 0.15) is 23.2 Å². The van der Waals surface area contributed by atoms with E-state index in [1.807, 2.05) is 31.2 Å². The molecule has 4 aromatic rings. The van der Waals surface area contributed by atoms with Crippen molar-refractivity contribution in [2.75, 3.05) is 6.54 Å². The Bertz CT molecular complexity index is 1340. The van der Waals surface area contributed by atoms with E-state index in [1.165, 1.54) is 0 Å². The first-order valence-corrected chi connectivity index (χ1v) is 8.92. The highest BCUT2D eigenvalue weighted by atomic mass is 16.1. The van der Waals surface area contributed by atoms with Gasteiger partial charge in [0.2, 0.25) is 0 Å². The average Bonchev–Trinajstić information content (AvgIpc) is 3.22. The molecule has 3 N–H and O–H groups in total. The molecule has 3 aromatic heterocycles. The molecule has 5 rings (SSSR count). The van der Waals surface area contributed by atoms with Gasteiger partial charge in [-0.3, -0.25) is 14.9 Å². The van der Waals surface area contributed by atoms with Crippen LogP contribution in [0.4, 0.5) is 0 Å². The first-order valence-electron chi connectivity index (χ1n) is 8.92. The van der Waals surface area contributed by atoms with Gasteiger partial charge >= 0.3 is 0 Å². The van der Waals surface area contributed by atoms with Gasteiger partial charge < -0.3 is 10.3 Å². The third kappa shape index (κ3) is 2.15. The molecule has 0 saturated carbocycles. The molecule has 1 aliphatic carbocycles. The van der Waals surface area contributed by atoms with Crippen molar-refractivity contribution in [1.82, 2.24) is 19.7 Å². The highest BCUT2D eigenvalue weighted by molar-refractivity contribution is 6.11. The van der Waals surface area contributed by atoms with Crippen LogP contribution in [0.5, 0.6) is 0 Å². The van der Waals surface area contributed by atoms with Crippen molar-refractivity contribution < 1.29 is 0 Å². The molecule has 6 nitrogen and oxygen atoms in total. The lowest BCUT2D eigenvalue weighted by atomic mass is 9.96. The number of pyridine rings is 2. The summed E-state index contributed by atoms with van der Waals surface area (Å²) >= 11 is 0. The maximum absolute atomic E-state index is 13.1. The summed E-state index contributed by atoms with van der Waals surface area (Å²) in [5.74, 6) is 6.46. The lowest BCUT2D eigenvalue weighted by Gasteiger charge is -2.14. The number of nitrogens with one attached hydrogen (secondary N) is 1. The van der Waals surface area contributed by atoms with Gasteiger partial charge in [0.15, 0.2) is 0 Å². The normalized spacial score (nSPS) is 11.9. The molecule has 0 atom stereocenters. The number of H-pyrrole nitrogens is 1. The number of aryl methyl sites for hydroxylation is 2. The van der Waals surface area contributed by atoms with Gasteiger partial charge in [0.25, 0.3) is 5.56 Å². The Kier molecular flexibility index (Phi) is 3.39. The number of rotatable bonds is 4. The Morgan fingerprint density at radius 3 is 2.93 bits per heavy atom. The van der Waals surface area contributed by atoms with Crippen molar-refractivity contribution >= 4 is 21.8 Å². The fraction of sp³-hybridized carbons (Fsp3) is 0.190. The van der Waals surface area contributed by atoms with Crippen molar-refractivity contribution in [2.45, 2.75) is 19.9 Å². The number of fused-ring (bicyclic) bond motifs is 6. The summed E-state index contributed by atoms with van der Waals surface area (Å²) in [5, 5.41) is 8.93. The maximum atomic E-state index is 13.1. The molecule has 6 heteroatoms. The Morgan fingerprint density at radius 2 is 2.15 bits per heavy atom. The zero-order valence-electron chi connectivity index (χ0n) is 14.8. The predicted octanol–water partition coefficient (Wildman–Crippen LogP) is 2.31. The molecular formula is C21H17N5O. The van der Waals surface area contributed by atoms with E-state index in [2.05, 4.69) is 27.0 Å².